The topological polar surface area (TPSA) is 93.0 Å². The van der Waals surface area contributed by atoms with Crippen molar-refractivity contribution in [3.63, 3.8) is 0 Å². The maximum absolute atomic E-state index is 11.0. The zero-order chi connectivity index (χ0) is 13.9. The molecule has 2 rings (SSSR count). The molecular weight excluding hydrogens is 246 g/mol. The van der Waals surface area contributed by atoms with Crippen LogP contribution in [0.2, 0.25) is 0 Å². The highest BCUT2D eigenvalue weighted by atomic mass is 16.6. The van der Waals surface area contributed by atoms with Gasteiger partial charge in [-0.3, -0.25) is 10.1 Å². The quantitative estimate of drug-likeness (QED) is 0.581. The average molecular weight is 265 g/mol. The molecule has 0 unspecified atom stereocenters. The zero-order valence-corrected chi connectivity index (χ0v) is 11.3. The minimum Gasteiger partial charge on any atom is -0.364 e. The van der Waals surface area contributed by atoms with Gasteiger partial charge in [-0.1, -0.05) is 13.8 Å². The third kappa shape index (κ3) is 3.52. The minimum absolute atomic E-state index is 0.0775. The van der Waals surface area contributed by atoms with Crippen LogP contribution in [-0.2, 0) is 0 Å². The second-order valence-electron chi connectivity index (χ2n) is 5.28. The largest absolute Gasteiger partial charge is 0.364 e. The molecule has 1 fully saturated rings. The average Bonchev–Trinajstić information content (AvgIpc) is 3.12. The van der Waals surface area contributed by atoms with Gasteiger partial charge < -0.3 is 10.6 Å². The van der Waals surface area contributed by atoms with Crippen LogP contribution >= 0.6 is 0 Å². The number of hydrogen-bond donors (Lipinski definition) is 2. The number of nitro groups is 1. The van der Waals surface area contributed by atoms with Crippen molar-refractivity contribution in [3.05, 3.63) is 16.3 Å². The summed E-state index contributed by atoms with van der Waals surface area (Å²) in [4.78, 5) is 18.6. The van der Waals surface area contributed by atoms with E-state index in [4.69, 9.17) is 0 Å². The lowest BCUT2D eigenvalue weighted by molar-refractivity contribution is -0.384. The molecule has 1 heterocycles. The summed E-state index contributed by atoms with van der Waals surface area (Å²) in [5.74, 6) is 0.725. The Morgan fingerprint density at radius 3 is 2.79 bits per heavy atom. The number of aromatic nitrogens is 2. The summed E-state index contributed by atoms with van der Waals surface area (Å²) in [6, 6.07) is 0. The smallest absolute Gasteiger partial charge is 0.329 e. The van der Waals surface area contributed by atoms with Gasteiger partial charge >= 0.3 is 5.69 Å². The molecule has 1 aliphatic carbocycles. The van der Waals surface area contributed by atoms with Crippen molar-refractivity contribution in [2.45, 2.75) is 33.1 Å². The summed E-state index contributed by atoms with van der Waals surface area (Å²) in [7, 11) is 0. The Morgan fingerprint density at radius 1 is 1.47 bits per heavy atom. The molecule has 0 aromatic carbocycles. The number of anilines is 2. The van der Waals surface area contributed by atoms with E-state index in [1.165, 1.54) is 6.20 Å². The van der Waals surface area contributed by atoms with Gasteiger partial charge in [0.15, 0.2) is 0 Å². The Bertz CT molecular complexity index is 473. The molecule has 1 saturated carbocycles. The molecule has 0 amide bonds. The SMILES string of the molecule is CCCNc1ncc([N+](=O)[O-])c(NCC2(C)CC2)n1. The molecule has 7 nitrogen and oxygen atoms in total. The van der Waals surface area contributed by atoms with E-state index in [2.05, 4.69) is 27.5 Å². The number of hydrogen-bond acceptors (Lipinski definition) is 6. The molecular formula is C12H19N5O2. The van der Waals surface area contributed by atoms with Gasteiger partial charge in [0.1, 0.15) is 6.20 Å². The van der Waals surface area contributed by atoms with Crippen LogP contribution in [0.1, 0.15) is 33.1 Å². The molecule has 0 bridgehead atoms. The summed E-state index contributed by atoms with van der Waals surface area (Å²) in [6.45, 7) is 5.64. The Labute approximate surface area is 112 Å². The lowest BCUT2D eigenvalue weighted by Gasteiger charge is -2.11. The van der Waals surface area contributed by atoms with Gasteiger partial charge in [-0.15, -0.1) is 0 Å². The van der Waals surface area contributed by atoms with E-state index in [1.807, 2.05) is 6.92 Å². The van der Waals surface area contributed by atoms with E-state index in [-0.39, 0.29) is 11.1 Å². The van der Waals surface area contributed by atoms with E-state index in [9.17, 15) is 10.1 Å². The van der Waals surface area contributed by atoms with Gasteiger partial charge in [0, 0.05) is 13.1 Å². The van der Waals surface area contributed by atoms with Crippen LogP contribution < -0.4 is 10.6 Å². The zero-order valence-electron chi connectivity index (χ0n) is 11.3. The maximum Gasteiger partial charge on any atom is 0.329 e. The summed E-state index contributed by atoms with van der Waals surface area (Å²) in [5, 5.41) is 17.1. The van der Waals surface area contributed by atoms with Crippen molar-refractivity contribution in [1.82, 2.24) is 9.97 Å². The van der Waals surface area contributed by atoms with Gasteiger partial charge in [0.25, 0.3) is 0 Å². The van der Waals surface area contributed by atoms with Gasteiger partial charge in [-0.25, -0.2) is 4.98 Å². The molecule has 0 spiro atoms. The van der Waals surface area contributed by atoms with Crippen molar-refractivity contribution in [3.8, 4) is 0 Å². The van der Waals surface area contributed by atoms with E-state index in [0.717, 1.165) is 25.8 Å². The van der Waals surface area contributed by atoms with Crippen molar-refractivity contribution in [2.75, 3.05) is 23.7 Å². The van der Waals surface area contributed by atoms with Gasteiger partial charge in [0.2, 0.25) is 11.8 Å². The molecule has 0 saturated heterocycles. The van der Waals surface area contributed by atoms with Gasteiger partial charge in [-0.05, 0) is 24.7 Å². The molecule has 0 atom stereocenters. The first-order valence-electron chi connectivity index (χ1n) is 6.53. The summed E-state index contributed by atoms with van der Waals surface area (Å²) in [5.41, 5.74) is 0.182. The Kier molecular flexibility index (Phi) is 3.82. The lowest BCUT2D eigenvalue weighted by Crippen LogP contribution is -2.15. The third-order valence-corrected chi connectivity index (χ3v) is 3.29. The predicted octanol–water partition coefficient (Wildman–Crippen LogP) is 2.42. The van der Waals surface area contributed by atoms with E-state index in [0.29, 0.717) is 18.3 Å². The second-order valence-corrected chi connectivity index (χ2v) is 5.28. The van der Waals surface area contributed by atoms with Crippen LogP contribution in [0.4, 0.5) is 17.5 Å². The molecule has 1 aliphatic rings. The Morgan fingerprint density at radius 2 is 2.21 bits per heavy atom. The van der Waals surface area contributed by atoms with Crippen LogP contribution in [0, 0.1) is 15.5 Å². The van der Waals surface area contributed by atoms with Crippen molar-refractivity contribution in [1.29, 1.82) is 0 Å². The number of nitrogens with zero attached hydrogens (tertiary/aromatic N) is 3. The molecule has 2 N–H and O–H groups in total. The molecule has 7 heteroatoms. The third-order valence-electron chi connectivity index (χ3n) is 3.29. The molecule has 19 heavy (non-hydrogen) atoms. The van der Waals surface area contributed by atoms with Crippen LogP contribution in [-0.4, -0.2) is 28.0 Å². The standard InChI is InChI=1S/C12H19N5O2/c1-3-6-13-11-14-7-9(17(18)19)10(16-11)15-8-12(2)4-5-12/h7H,3-6,8H2,1-2H3,(H2,13,14,15,16). The molecule has 0 radical (unpaired) electrons. The molecule has 104 valence electrons. The minimum atomic E-state index is -0.457. The Hall–Kier alpha value is -1.92. The van der Waals surface area contributed by atoms with Crippen LogP contribution in [0.5, 0.6) is 0 Å². The predicted molar refractivity (Wildman–Crippen MR) is 73.3 cm³/mol. The summed E-state index contributed by atoms with van der Waals surface area (Å²) in [6.07, 6.45) is 4.50. The van der Waals surface area contributed by atoms with E-state index >= 15 is 0 Å². The Balaban J connectivity index is 2.12. The van der Waals surface area contributed by atoms with Crippen molar-refractivity contribution < 1.29 is 4.92 Å². The highest BCUT2D eigenvalue weighted by molar-refractivity contribution is 5.57. The number of nitrogens with one attached hydrogen (secondary N) is 2. The van der Waals surface area contributed by atoms with Crippen LogP contribution in [0.15, 0.2) is 6.20 Å². The fraction of sp³-hybridized carbons (Fsp3) is 0.667. The lowest BCUT2D eigenvalue weighted by atomic mass is 10.1. The highest BCUT2D eigenvalue weighted by Crippen LogP contribution is 2.45. The van der Waals surface area contributed by atoms with E-state index in [1.54, 1.807) is 0 Å². The molecule has 1 aromatic heterocycles. The molecule has 0 aliphatic heterocycles. The first-order chi connectivity index (χ1) is 9.04. The highest BCUT2D eigenvalue weighted by Gasteiger charge is 2.37. The monoisotopic (exact) mass is 265 g/mol. The fourth-order valence-electron chi connectivity index (χ4n) is 1.65. The normalized spacial score (nSPS) is 15.9. The molecule has 1 aromatic rings. The van der Waals surface area contributed by atoms with Crippen LogP contribution in [0.3, 0.4) is 0 Å². The van der Waals surface area contributed by atoms with Gasteiger partial charge in [-0.2, -0.15) is 4.98 Å². The first kappa shape index (κ1) is 13.5. The second kappa shape index (κ2) is 5.38. The van der Waals surface area contributed by atoms with Gasteiger partial charge in [0.05, 0.1) is 4.92 Å². The fourth-order valence-corrected chi connectivity index (χ4v) is 1.65. The van der Waals surface area contributed by atoms with E-state index < -0.39 is 4.92 Å². The van der Waals surface area contributed by atoms with Crippen molar-refractivity contribution in [2.24, 2.45) is 5.41 Å². The van der Waals surface area contributed by atoms with Crippen molar-refractivity contribution >= 4 is 17.5 Å². The maximum atomic E-state index is 11.0. The van der Waals surface area contributed by atoms with Crippen LogP contribution in [0.25, 0.3) is 0 Å². The summed E-state index contributed by atoms with van der Waals surface area (Å²) < 4.78 is 0. The summed E-state index contributed by atoms with van der Waals surface area (Å²) >= 11 is 0. The number of rotatable bonds is 7. The first-order valence-corrected chi connectivity index (χ1v) is 6.53.